The molecule has 1 aromatic rings. The van der Waals surface area contributed by atoms with E-state index >= 15 is 0 Å². The van der Waals surface area contributed by atoms with Gasteiger partial charge in [0.2, 0.25) is 5.95 Å². The van der Waals surface area contributed by atoms with E-state index in [1.807, 2.05) is 33.2 Å². The number of hydrogen-bond acceptors (Lipinski definition) is 4. The summed E-state index contributed by atoms with van der Waals surface area (Å²) in [6.45, 7) is 7.80. The van der Waals surface area contributed by atoms with Gasteiger partial charge in [-0.05, 0) is 50.0 Å². The van der Waals surface area contributed by atoms with Crippen molar-refractivity contribution in [2.45, 2.75) is 58.5 Å². The Labute approximate surface area is 122 Å². The van der Waals surface area contributed by atoms with E-state index in [-0.39, 0.29) is 6.10 Å². The summed E-state index contributed by atoms with van der Waals surface area (Å²) in [7, 11) is 0. The Kier molecular flexibility index (Phi) is 5.35. The Hall–Kier alpha value is -1.16. The number of anilines is 1. The summed E-state index contributed by atoms with van der Waals surface area (Å²) >= 11 is 0. The molecule has 4 heteroatoms. The molecule has 1 saturated heterocycles. The molecule has 0 radical (unpaired) electrons. The Morgan fingerprint density at radius 1 is 1.10 bits per heavy atom. The molecule has 1 aromatic heterocycles. The van der Waals surface area contributed by atoms with Crippen molar-refractivity contribution in [2.75, 3.05) is 18.0 Å². The van der Waals surface area contributed by atoms with Crippen molar-refractivity contribution < 1.29 is 5.11 Å². The summed E-state index contributed by atoms with van der Waals surface area (Å²) < 4.78 is 0. The lowest BCUT2D eigenvalue weighted by Crippen LogP contribution is -2.37. The fraction of sp³-hybridized carbons (Fsp3) is 0.750. The zero-order valence-electron chi connectivity index (χ0n) is 12.9. The van der Waals surface area contributed by atoms with Gasteiger partial charge in [0, 0.05) is 25.5 Å². The summed E-state index contributed by atoms with van der Waals surface area (Å²) in [5.74, 6) is 2.01. The molecule has 0 amide bonds. The lowest BCUT2D eigenvalue weighted by atomic mass is 9.92. The predicted molar refractivity (Wildman–Crippen MR) is 82.0 cm³/mol. The largest absolute Gasteiger partial charge is 0.393 e. The molecule has 0 aromatic carbocycles. The molecule has 1 saturated carbocycles. The van der Waals surface area contributed by atoms with Crippen molar-refractivity contribution in [1.29, 1.82) is 0 Å². The molecule has 2 fully saturated rings. The van der Waals surface area contributed by atoms with E-state index < -0.39 is 0 Å². The maximum atomic E-state index is 9.59. The van der Waals surface area contributed by atoms with Crippen molar-refractivity contribution in [1.82, 2.24) is 9.97 Å². The van der Waals surface area contributed by atoms with Crippen LogP contribution < -0.4 is 4.90 Å². The number of nitrogens with zero attached hydrogens (tertiary/aromatic N) is 3. The molecule has 3 rings (SSSR count). The third-order valence-corrected chi connectivity index (χ3v) is 4.21. The van der Waals surface area contributed by atoms with Crippen LogP contribution in [0.25, 0.3) is 0 Å². The highest BCUT2D eigenvalue weighted by atomic mass is 16.3. The average molecular weight is 277 g/mol. The second-order valence-electron chi connectivity index (χ2n) is 5.66. The molecular formula is C16H27N3O. The third-order valence-electron chi connectivity index (χ3n) is 4.21. The van der Waals surface area contributed by atoms with E-state index in [0.717, 1.165) is 37.8 Å². The lowest BCUT2D eigenvalue weighted by Gasteiger charge is -2.33. The van der Waals surface area contributed by atoms with Crippen LogP contribution >= 0.6 is 0 Å². The predicted octanol–water partition coefficient (Wildman–Crippen LogP) is 2.98. The molecule has 1 aliphatic heterocycles. The molecule has 20 heavy (non-hydrogen) atoms. The highest BCUT2D eigenvalue weighted by Gasteiger charge is 2.26. The highest BCUT2D eigenvalue weighted by Crippen LogP contribution is 2.39. The lowest BCUT2D eigenvalue weighted by molar-refractivity contribution is 0.109. The molecule has 1 unspecified atom stereocenters. The van der Waals surface area contributed by atoms with Crippen LogP contribution in [0, 0.1) is 5.92 Å². The third kappa shape index (κ3) is 3.69. The number of aliphatic hydroxyl groups is 1. The topological polar surface area (TPSA) is 49.2 Å². The monoisotopic (exact) mass is 277 g/mol. The first-order chi connectivity index (χ1) is 9.74. The summed E-state index contributed by atoms with van der Waals surface area (Å²) in [6, 6.07) is 0. The van der Waals surface area contributed by atoms with Crippen LogP contribution in [-0.4, -0.2) is 34.3 Å². The maximum absolute atomic E-state index is 9.59. The van der Waals surface area contributed by atoms with Crippen molar-refractivity contribution in [3.63, 3.8) is 0 Å². The molecular weight excluding hydrogens is 250 g/mol. The van der Waals surface area contributed by atoms with Gasteiger partial charge in [-0.1, -0.05) is 13.8 Å². The zero-order valence-corrected chi connectivity index (χ0v) is 12.9. The van der Waals surface area contributed by atoms with Crippen LogP contribution in [-0.2, 0) is 0 Å². The smallest absolute Gasteiger partial charge is 0.225 e. The van der Waals surface area contributed by atoms with Crippen LogP contribution in [0.15, 0.2) is 12.4 Å². The van der Waals surface area contributed by atoms with Gasteiger partial charge in [0.15, 0.2) is 0 Å². The first-order valence-electron chi connectivity index (χ1n) is 7.99. The fourth-order valence-electron chi connectivity index (χ4n) is 2.70. The summed E-state index contributed by atoms with van der Waals surface area (Å²) in [5, 5.41) is 9.59. The van der Waals surface area contributed by atoms with E-state index in [4.69, 9.17) is 0 Å². The van der Waals surface area contributed by atoms with Gasteiger partial charge in [-0.2, -0.15) is 0 Å². The summed E-state index contributed by atoms with van der Waals surface area (Å²) in [6.07, 6.45) is 8.44. The van der Waals surface area contributed by atoms with Gasteiger partial charge >= 0.3 is 0 Å². The summed E-state index contributed by atoms with van der Waals surface area (Å²) in [5.41, 5.74) is 1.29. The minimum absolute atomic E-state index is 0.190. The Balaban J connectivity index is 0.000000704. The van der Waals surface area contributed by atoms with Gasteiger partial charge in [0.1, 0.15) is 0 Å². The van der Waals surface area contributed by atoms with Gasteiger partial charge in [0.05, 0.1) is 6.10 Å². The molecule has 4 nitrogen and oxygen atoms in total. The van der Waals surface area contributed by atoms with E-state index in [2.05, 4.69) is 14.9 Å². The fourth-order valence-corrected chi connectivity index (χ4v) is 2.70. The number of aliphatic hydroxyl groups excluding tert-OH is 1. The summed E-state index contributed by atoms with van der Waals surface area (Å²) in [4.78, 5) is 11.2. The van der Waals surface area contributed by atoms with Crippen molar-refractivity contribution >= 4 is 5.95 Å². The van der Waals surface area contributed by atoms with Crippen LogP contribution in [0.4, 0.5) is 5.95 Å². The van der Waals surface area contributed by atoms with Crippen molar-refractivity contribution in [3.05, 3.63) is 18.0 Å². The normalized spacial score (nSPS) is 21.1. The van der Waals surface area contributed by atoms with E-state index in [9.17, 15) is 5.11 Å². The molecule has 1 N–H and O–H groups in total. The Bertz CT molecular complexity index is 393. The number of piperidine rings is 1. The number of hydrogen-bond donors (Lipinski definition) is 1. The van der Waals surface area contributed by atoms with Gasteiger partial charge < -0.3 is 10.0 Å². The van der Waals surface area contributed by atoms with Gasteiger partial charge in [-0.25, -0.2) is 9.97 Å². The van der Waals surface area contributed by atoms with Crippen LogP contribution in [0.2, 0.25) is 0 Å². The first kappa shape index (κ1) is 15.2. The minimum atomic E-state index is -0.190. The molecule has 2 aliphatic rings. The number of aromatic nitrogens is 2. The quantitative estimate of drug-likeness (QED) is 0.923. The maximum Gasteiger partial charge on any atom is 0.225 e. The van der Waals surface area contributed by atoms with Crippen LogP contribution in [0.3, 0.4) is 0 Å². The van der Waals surface area contributed by atoms with Gasteiger partial charge in [-0.15, -0.1) is 0 Å². The SMILES string of the molecule is CC.CC(O)C1CCN(c2ncc(C3CC3)cn2)CC1. The molecule has 2 heterocycles. The Morgan fingerprint density at radius 2 is 1.65 bits per heavy atom. The number of rotatable bonds is 3. The molecule has 0 bridgehead atoms. The molecule has 112 valence electrons. The molecule has 0 spiro atoms. The van der Waals surface area contributed by atoms with E-state index in [0.29, 0.717) is 5.92 Å². The van der Waals surface area contributed by atoms with Gasteiger partial charge in [0.25, 0.3) is 0 Å². The Morgan fingerprint density at radius 3 is 2.10 bits per heavy atom. The van der Waals surface area contributed by atoms with Gasteiger partial charge in [-0.3, -0.25) is 0 Å². The highest BCUT2D eigenvalue weighted by molar-refractivity contribution is 5.32. The first-order valence-corrected chi connectivity index (χ1v) is 7.99. The van der Waals surface area contributed by atoms with Crippen molar-refractivity contribution in [3.8, 4) is 0 Å². The zero-order chi connectivity index (χ0) is 14.5. The van der Waals surface area contributed by atoms with E-state index in [1.54, 1.807) is 0 Å². The van der Waals surface area contributed by atoms with Crippen molar-refractivity contribution in [2.24, 2.45) is 5.92 Å². The minimum Gasteiger partial charge on any atom is -0.393 e. The second-order valence-corrected chi connectivity index (χ2v) is 5.66. The standard InChI is InChI=1S/C14H21N3O.C2H6/c1-10(18)11-4-6-17(7-5-11)14-15-8-13(9-16-14)12-2-3-12;1-2/h8-12,18H,2-7H2,1H3;1-2H3. The van der Waals surface area contributed by atoms with E-state index in [1.165, 1.54) is 18.4 Å². The molecule has 1 atom stereocenters. The average Bonchev–Trinajstić information content (AvgIpc) is 3.34. The molecule has 1 aliphatic carbocycles. The van der Waals surface area contributed by atoms with Crippen LogP contribution in [0.5, 0.6) is 0 Å². The second kappa shape index (κ2) is 7.02. The van der Waals surface area contributed by atoms with Crippen LogP contribution in [0.1, 0.15) is 57.9 Å².